The van der Waals surface area contributed by atoms with Crippen molar-refractivity contribution >= 4 is 57.1 Å². The zero-order valence-corrected chi connectivity index (χ0v) is 18.3. The molecule has 0 spiro atoms. The molecule has 1 N–H and O–H groups in total. The van der Waals surface area contributed by atoms with Crippen LogP contribution in [-0.2, 0) is 16.3 Å². The van der Waals surface area contributed by atoms with Gasteiger partial charge in [0.15, 0.2) is 15.8 Å². The Balaban J connectivity index is 0.00000243. The molecular formula is C18H21ClIN3O2S. The Labute approximate surface area is 176 Å². The number of fused-ring (bicyclic) bond motifs is 1. The highest BCUT2D eigenvalue weighted by Gasteiger charge is 2.22. The van der Waals surface area contributed by atoms with Crippen LogP contribution in [0, 0.1) is 0 Å². The van der Waals surface area contributed by atoms with Crippen molar-refractivity contribution in [1.82, 2.24) is 5.32 Å². The molecule has 3 rings (SSSR count). The van der Waals surface area contributed by atoms with Crippen LogP contribution in [0.4, 0.5) is 5.69 Å². The molecule has 0 aromatic heterocycles. The van der Waals surface area contributed by atoms with Gasteiger partial charge in [0.1, 0.15) is 0 Å². The molecule has 1 aliphatic heterocycles. The number of halogens is 2. The van der Waals surface area contributed by atoms with E-state index in [2.05, 4.69) is 27.3 Å². The van der Waals surface area contributed by atoms with E-state index in [0.717, 1.165) is 18.7 Å². The number of guanidine groups is 1. The lowest BCUT2D eigenvalue weighted by Gasteiger charge is -2.22. The van der Waals surface area contributed by atoms with Crippen molar-refractivity contribution in [3.8, 4) is 0 Å². The van der Waals surface area contributed by atoms with Crippen molar-refractivity contribution in [3.05, 3.63) is 59.1 Å². The second-order valence-electron chi connectivity index (χ2n) is 5.78. The predicted octanol–water partition coefficient (Wildman–Crippen LogP) is 3.37. The van der Waals surface area contributed by atoms with Gasteiger partial charge in [0, 0.05) is 30.8 Å². The van der Waals surface area contributed by atoms with Crippen LogP contribution in [0.5, 0.6) is 0 Å². The molecule has 0 aliphatic carbocycles. The fourth-order valence-electron chi connectivity index (χ4n) is 2.91. The quantitative estimate of drug-likeness (QED) is 0.393. The Morgan fingerprint density at radius 1 is 1.19 bits per heavy atom. The average molecular weight is 506 g/mol. The maximum Gasteiger partial charge on any atom is 0.198 e. The number of rotatable bonds is 4. The number of sulfone groups is 1. The number of nitrogens with one attached hydrogen (secondary N) is 1. The van der Waals surface area contributed by atoms with Crippen LogP contribution >= 0.6 is 35.6 Å². The fraction of sp³-hybridized carbons (Fsp3) is 0.278. The monoisotopic (exact) mass is 505 g/mol. The molecule has 0 bridgehead atoms. The summed E-state index contributed by atoms with van der Waals surface area (Å²) >= 11 is 5.81. The summed E-state index contributed by atoms with van der Waals surface area (Å²) in [6, 6.07) is 14.4. The molecule has 0 amide bonds. The van der Waals surface area contributed by atoms with E-state index >= 15 is 0 Å². The summed E-state index contributed by atoms with van der Waals surface area (Å²) in [5.41, 5.74) is 2.40. The van der Waals surface area contributed by atoms with Gasteiger partial charge in [0.2, 0.25) is 0 Å². The van der Waals surface area contributed by atoms with E-state index in [1.165, 1.54) is 17.7 Å². The van der Waals surface area contributed by atoms with Crippen molar-refractivity contribution in [2.45, 2.75) is 11.3 Å². The molecule has 140 valence electrons. The van der Waals surface area contributed by atoms with Gasteiger partial charge in [-0.3, -0.25) is 4.99 Å². The van der Waals surface area contributed by atoms with Gasteiger partial charge in [-0.1, -0.05) is 29.8 Å². The summed E-state index contributed by atoms with van der Waals surface area (Å²) in [4.78, 5) is 6.66. The number of hydrogen-bond acceptors (Lipinski definition) is 3. The topological polar surface area (TPSA) is 61.8 Å². The summed E-state index contributed by atoms with van der Waals surface area (Å²) < 4.78 is 24.8. The number of para-hydroxylation sites is 1. The minimum atomic E-state index is -3.36. The first-order valence-electron chi connectivity index (χ1n) is 8.06. The lowest BCUT2D eigenvalue weighted by atomic mass is 10.2. The number of anilines is 1. The van der Waals surface area contributed by atoms with Crippen LogP contribution in [-0.4, -0.2) is 40.3 Å². The molecular weight excluding hydrogens is 485 g/mol. The Bertz CT molecular complexity index is 886. The first kappa shape index (κ1) is 21.0. The van der Waals surface area contributed by atoms with E-state index in [-0.39, 0.29) is 41.2 Å². The van der Waals surface area contributed by atoms with Gasteiger partial charge >= 0.3 is 0 Å². The summed E-state index contributed by atoms with van der Waals surface area (Å²) in [5.74, 6) is 0.680. The van der Waals surface area contributed by atoms with Crippen LogP contribution in [0.25, 0.3) is 0 Å². The van der Waals surface area contributed by atoms with Gasteiger partial charge in [0.25, 0.3) is 0 Å². The summed E-state index contributed by atoms with van der Waals surface area (Å²) in [6.45, 7) is 1.12. The van der Waals surface area contributed by atoms with Crippen molar-refractivity contribution < 1.29 is 8.42 Å². The molecule has 8 heteroatoms. The zero-order valence-electron chi connectivity index (χ0n) is 14.4. The SMILES string of the molecule is CN=C(NCCS(=O)(=O)c1ccc(Cl)cc1)N1CCc2ccccc21.I. The minimum Gasteiger partial charge on any atom is -0.355 e. The molecule has 0 unspecified atom stereocenters. The Morgan fingerprint density at radius 3 is 2.58 bits per heavy atom. The van der Waals surface area contributed by atoms with Crippen molar-refractivity contribution in [3.63, 3.8) is 0 Å². The second-order valence-corrected chi connectivity index (χ2v) is 8.32. The van der Waals surface area contributed by atoms with Crippen molar-refractivity contribution in [2.75, 3.05) is 30.8 Å². The van der Waals surface area contributed by atoms with E-state index < -0.39 is 9.84 Å². The summed E-state index contributed by atoms with van der Waals surface area (Å²) in [6.07, 6.45) is 0.958. The third-order valence-electron chi connectivity index (χ3n) is 4.18. The Hall–Kier alpha value is -1.32. The predicted molar refractivity (Wildman–Crippen MR) is 118 cm³/mol. The average Bonchev–Trinajstić information content (AvgIpc) is 3.03. The highest BCUT2D eigenvalue weighted by molar-refractivity contribution is 14.0. The van der Waals surface area contributed by atoms with Crippen molar-refractivity contribution in [2.24, 2.45) is 4.99 Å². The molecule has 2 aromatic carbocycles. The third-order valence-corrected chi connectivity index (χ3v) is 6.17. The molecule has 0 saturated carbocycles. The highest BCUT2D eigenvalue weighted by Crippen LogP contribution is 2.27. The third kappa shape index (κ3) is 4.69. The van der Waals surface area contributed by atoms with Crippen molar-refractivity contribution in [1.29, 1.82) is 0 Å². The first-order valence-corrected chi connectivity index (χ1v) is 10.1. The summed E-state index contributed by atoms with van der Waals surface area (Å²) in [5, 5.41) is 3.68. The maximum atomic E-state index is 12.4. The minimum absolute atomic E-state index is 0. The smallest absolute Gasteiger partial charge is 0.198 e. The van der Waals surface area contributed by atoms with Gasteiger partial charge in [-0.25, -0.2) is 8.42 Å². The van der Waals surface area contributed by atoms with Crippen LogP contribution in [0.1, 0.15) is 5.56 Å². The van der Waals surface area contributed by atoms with Crippen LogP contribution in [0.2, 0.25) is 5.02 Å². The van der Waals surface area contributed by atoms with Gasteiger partial charge in [-0.05, 0) is 42.3 Å². The molecule has 0 radical (unpaired) electrons. The molecule has 2 aromatic rings. The highest BCUT2D eigenvalue weighted by atomic mass is 127. The summed E-state index contributed by atoms with van der Waals surface area (Å²) in [7, 11) is -1.65. The molecule has 0 atom stereocenters. The normalized spacial score (nSPS) is 13.9. The molecule has 0 fully saturated rings. The van der Waals surface area contributed by atoms with E-state index in [1.54, 1.807) is 19.2 Å². The Kier molecular flexibility index (Phi) is 7.31. The van der Waals surface area contributed by atoms with Gasteiger partial charge < -0.3 is 10.2 Å². The lowest BCUT2D eigenvalue weighted by Crippen LogP contribution is -2.42. The maximum absolute atomic E-state index is 12.4. The lowest BCUT2D eigenvalue weighted by molar-refractivity contribution is 0.594. The van der Waals surface area contributed by atoms with E-state index in [1.807, 2.05) is 12.1 Å². The Morgan fingerprint density at radius 2 is 1.88 bits per heavy atom. The molecule has 1 heterocycles. The fourth-order valence-corrected chi connectivity index (χ4v) is 4.19. The molecule has 26 heavy (non-hydrogen) atoms. The van der Waals surface area contributed by atoms with Gasteiger partial charge in [0.05, 0.1) is 10.6 Å². The molecule has 1 aliphatic rings. The zero-order chi connectivity index (χ0) is 17.9. The van der Waals surface area contributed by atoms with E-state index in [0.29, 0.717) is 11.0 Å². The number of nitrogens with zero attached hydrogens (tertiary/aromatic N) is 2. The second kappa shape index (κ2) is 9.05. The van der Waals surface area contributed by atoms with E-state index in [4.69, 9.17) is 11.6 Å². The standard InChI is InChI=1S/C18H20ClN3O2S.HI/c1-20-18(22-12-10-14-4-2-3-5-17(14)22)21-11-13-25(23,24)16-8-6-15(19)7-9-16;/h2-9H,10-13H2,1H3,(H,20,21);1H. The number of benzene rings is 2. The molecule has 5 nitrogen and oxygen atoms in total. The van der Waals surface area contributed by atoms with Gasteiger partial charge in [-0.15, -0.1) is 24.0 Å². The first-order chi connectivity index (χ1) is 12.0. The van der Waals surface area contributed by atoms with Crippen LogP contribution < -0.4 is 10.2 Å². The van der Waals surface area contributed by atoms with Crippen LogP contribution in [0.15, 0.2) is 58.4 Å². The molecule has 0 saturated heterocycles. The van der Waals surface area contributed by atoms with Crippen LogP contribution in [0.3, 0.4) is 0 Å². The van der Waals surface area contributed by atoms with E-state index in [9.17, 15) is 8.42 Å². The number of hydrogen-bond donors (Lipinski definition) is 1. The number of aliphatic imine (C=N–C) groups is 1. The van der Waals surface area contributed by atoms with Gasteiger partial charge in [-0.2, -0.15) is 0 Å². The largest absolute Gasteiger partial charge is 0.355 e.